The number of hydrogen-bond donors (Lipinski definition) is 7. The van der Waals surface area contributed by atoms with E-state index in [4.69, 9.17) is 5.73 Å². The van der Waals surface area contributed by atoms with Gasteiger partial charge in [-0.15, -0.1) is 0 Å². The minimum absolute atomic E-state index is 0.0116. The third-order valence-electron chi connectivity index (χ3n) is 3.97. The number of nitrogens with two attached hydrogens (primary N) is 1. The largest absolute Gasteiger partial charge is 0.480 e. The fourth-order valence-corrected chi connectivity index (χ4v) is 2.45. The monoisotopic (exact) mass is 420 g/mol. The topological polar surface area (TPSA) is 171 Å². The van der Waals surface area contributed by atoms with Crippen molar-refractivity contribution in [2.24, 2.45) is 17.6 Å². The molecule has 0 saturated carbocycles. The molecule has 0 aliphatic heterocycles. The number of nitrogens with one attached hydrogen (secondary N) is 3. The van der Waals surface area contributed by atoms with E-state index in [9.17, 15) is 29.4 Å². The summed E-state index contributed by atoms with van der Waals surface area (Å²) in [5.41, 5.74) is 5.73. The Balaban J connectivity index is 5.00. The lowest BCUT2D eigenvalue weighted by molar-refractivity contribution is -0.143. The quantitative estimate of drug-likeness (QED) is 0.188. The molecule has 0 aromatic rings. The van der Waals surface area contributed by atoms with Gasteiger partial charge >= 0.3 is 5.97 Å². The van der Waals surface area contributed by atoms with E-state index in [1.807, 2.05) is 0 Å². The number of carboxylic acid groups (broad SMARTS) is 1. The van der Waals surface area contributed by atoms with E-state index >= 15 is 0 Å². The van der Waals surface area contributed by atoms with Gasteiger partial charge in [-0.2, -0.15) is 12.6 Å². The lowest BCUT2D eigenvalue weighted by atomic mass is 10.0. The van der Waals surface area contributed by atoms with Crippen molar-refractivity contribution in [1.82, 2.24) is 16.0 Å². The number of carbonyl (C=O) groups is 4. The highest BCUT2D eigenvalue weighted by Gasteiger charge is 2.30. The zero-order chi connectivity index (χ0) is 22.0. The smallest absolute Gasteiger partial charge is 0.326 e. The van der Waals surface area contributed by atoms with Gasteiger partial charge in [0.05, 0.1) is 12.6 Å². The summed E-state index contributed by atoms with van der Waals surface area (Å²) in [6, 6.07) is -4.42. The molecule has 0 heterocycles. The fraction of sp³-hybridized carbons (Fsp3) is 0.765. The zero-order valence-corrected chi connectivity index (χ0v) is 17.5. The van der Waals surface area contributed by atoms with Crippen LogP contribution in [0, 0.1) is 11.8 Å². The SMILES string of the molecule is CC(C)CC(NC(=O)C(CO)NC(=O)C(CS)NC(=O)C(N)C(C)C)C(=O)O. The third kappa shape index (κ3) is 8.89. The van der Waals surface area contributed by atoms with E-state index in [0.717, 1.165) is 0 Å². The van der Waals surface area contributed by atoms with Crippen LogP contribution in [0.25, 0.3) is 0 Å². The molecule has 162 valence electrons. The molecule has 0 aliphatic rings. The molecule has 0 aromatic heterocycles. The molecule has 0 spiro atoms. The number of aliphatic hydroxyl groups excluding tert-OH is 1. The van der Waals surface area contributed by atoms with Crippen molar-refractivity contribution >= 4 is 36.3 Å². The Kier molecular flexibility index (Phi) is 11.7. The van der Waals surface area contributed by atoms with Crippen molar-refractivity contribution < 1.29 is 29.4 Å². The Labute approximate surface area is 170 Å². The number of amides is 3. The minimum atomic E-state index is -1.38. The summed E-state index contributed by atoms with van der Waals surface area (Å²) in [5.74, 6) is -3.54. The van der Waals surface area contributed by atoms with Crippen molar-refractivity contribution in [3.05, 3.63) is 0 Å². The molecule has 11 heteroatoms. The van der Waals surface area contributed by atoms with Gasteiger partial charge in [-0.25, -0.2) is 4.79 Å². The Morgan fingerprint density at radius 1 is 0.893 bits per heavy atom. The molecule has 4 unspecified atom stereocenters. The normalized spacial score (nSPS) is 15.5. The molecule has 28 heavy (non-hydrogen) atoms. The molecule has 0 aliphatic carbocycles. The molecule has 3 amide bonds. The van der Waals surface area contributed by atoms with Gasteiger partial charge in [0.15, 0.2) is 0 Å². The van der Waals surface area contributed by atoms with Crippen molar-refractivity contribution in [3.8, 4) is 0 Å². The maximum atomic E-state index is 12.4. The number of aliphatic hydroxyl groups is 1. The predicted molar refractivity (Wildman–Crippen MR) is 107 cm³/mol. The second-order valence-corrected chi connectivity index (χ2v) is 7.65. The first-order valence-electron chi connectivity index (χ1n) is 9.05. The first kappa shape index (κ1) is 26.1. The molecule has 0 bridgehead atoms. The summed E-state index contributed by atoms with van der Waals surface area (Å²) in [5, 5.41) is 25.6. The van der Waals surface area contributed by atoms with Crippen molar-refractivity contribution in [1.29, 1.82) is 0 Å². The molecule has 4 atom stereocenters. The highest BCUT2D eigenvalue weighted by molar-refractivity contribution is 7.80. The van der Waals surface area contributed by atoms with Gasteiger partial charge in [-0.3, -0.25) is 14.4 Å². The standard InChI is InChI=1S/C17H32N4O6S/c1-8(2)5-10(17(26)27)19-14(23)11(6-22)20-15(24)12(7-28)21-16(25)13(18)9(3)4/h8-13,22,28H,5-7,18H2,1-4H3,(H,19,23)(H,20,24)(H,21,25)(H,26,27). The first-order valence-corrected chi connectivity index (χ1v) is 9.68. The van der Waals surface area contributed by atoms with E-state index < -0.39 is 54.5 Å². The van der Waals surface area contributed by atoms with E-state index in [1.165, 1.54) is 0 Å². The molecule has 0 rings (SSSR count). The van der Waals surface area contributed by atoms with Crippen molar-refractivity contribution in [3.63, 3.8) is 0 Å². The van der Waals surface area contributed by atoms with Crippen LogP contribution in [0.15, 0.2) is 0 Å². The number of carbonyl (C=O) groups excluding carboxylic acids is 3. The van der Waals surface area contributed by atoms with E-state index in [-0.39, 0.29) is 24.0 Å². The van der Waals surface area contributed by atoms with Gasteiger partial charge in [0.25, 0.3) is 0 Å². The molecule has 7 N–H and O–H groups in total. The lowest BCUT2D eigenvalue weighted by Gasteiger charge is -2.24. The third-order valence-corrected chi connectivity index (χ3v) is 4.34. The molecule has 0 aromatic carbocycles. The van der Waals surface area contributed by atoms with Gasteiger partial charge in [-0.05, 0) is 18.3 Å². The molecule has 0 radical (unpaired) electrons. The fourth-order valence-electron chi connectivity index (χ4n) is 2.20. The summed E-state index contributed by atoms with van der Waals surface area (Å²) in [6.45, 7) is 6.36. The Hall–Kier alpha value is -1.85. The first-order chi connectivity index (χ1) is 12.9. The molecule has 10 nitrogen and oxygen atoms in total. The Morgan fingerprint density at radius 3 is 1.75 bits per heavy atom. The highest BCUT2D eigenvalue weighted by Crippen LogP contribution is 2.05. The second kappa shape index (κ2) is 12.6. The number of aliphatic carboxylic acids is 1. The number of rotatable bonds is 12. The average molecular weight is 421 g/mol. The molecule has 0 saturated heterocycles. The van der Waals surface area contributed by atoms with Crippen LogP contribution in [0.5, 0.6) is 0 Å². The van der Waals surface area contributed by atoms with E-state index in [2.05, 4.69) is 28.6 Å². The molecule has 0 fully saturated rings. The summed E-state index contributed by atoms with van der Waals surface area (Å²) in [4.78, 5) is 47.9. The van der Waals surface area contributed by atoms with Gasteiger partial charge < -0.3 is 31.9 Å². The Bertz CT molecular complexity index is 558. The van der Waals surface area contributed by atoms with Crippen molar-refractivity contribution in [2.75, 3.05) is 12.4 Å². The zero-order valence-electron chi connectivity index (χ0n) is 16.6. The van der Waals surface area contributed by atoms with Gasteiger partial charge in [0.2, 0.25) is 17.7 Å². The van der Waals surface area contributed by atoms with Crippen LogP contribution in [0.1, 0.15) is 34.1 Å². The number of carboxylic acids is 1. The summed E-state index contributed by atoms with van der Waals surface area (Å²) in [6.07, 6.45) is 0.190. The van der Waals surface area contributed by atoms with Gasteiger partial charge in [-0.1, -0.05) is 27.7 Å². The number of hydrogen-bond acceptors (Lipinski definition) is 7. The maximum Gasteiger partial charge on any atom is 0.326 e. The van der Waals surface area contributed by atoms with Gasteiger partial charge in [0.1, 0.15) is 18.1 Å². The highest BCUT2D eigenvalue weighted by atomic mass is 32.1. The van der Waals surface area contributed by atoms with E-state index in [0.29, 0.717) is 0 Å². The van der Waals surface area contributed by atoms with Crippen LogP contribution >= 0.6 is 12.6 Å². The van der Waals surface area contributed by atoms with Crippen LogP contribution in [0.4, 0.5) is 0 Å². The molecular formula is C17H32N4O6S. The van der Waals surface area contributed by atoms with Gasteiger partial charge in [0, 0.05) is 5.75 Å². The van der Waals surface area contributed by atoms with E-state index in [1.54, 1.807) is 27.7 Å². The number of thiol groups is 1. The summed E-state index contributed by atoms with van der Waals surface area (Å²) >= 11 is 4.02. The average Bonchev–Trinajstić information content (AvgIpc) is 2.61. The van der Waals surface area contributed by atoms with Crippen LogP contribution < -0.4 is 21.7 Å². The van der Waals surface area contributed by atoms with Crippen LogP contribution in [-0.4, -0.2) is 70.4 Å². The Morgan fingerprint density at radius 2 is 1.36 bits per heavy atom. The minimum Gasteiger partial charge on any atom is -0.480 e. The summed E-state index contributed by atoms with van der Waals surface area (Å²) < 4.78 is 0. The molecular weight excluding hydrogens is 388 g/mol. The predicted octanol–water partition coefficient (Wildman–Crippen LogP) is -1.52. The second-order valence-electron chi connectivity index (χ2n) is 7.29. The summed E-state index contributed by atoms with van der Waals surface area (Å²) in [7, 11) is 0. The van der Waals surface area contributed by atoms with Crippen LogP contribution in [0.3, 0.4) is 0 Å². The van der Waals surface area contributed by atoms with Crippen molar-refractivity contribution in [2.45, 2.75) is 58.3 Å². The lowest BCUT2D eigenvalue weighted by Crippen LogP contribution is -2.59. The van der Waals surface area contributed by atoms with Crippen LogP contribution in [-0.2, 0) is 19.2 Å². The maximum absolute atomic E-state index is 12.4. The van der Waals surface area contributed by atoms with Crippen LogP contribution in [0.2, 0.25) is 0 Å².